The van der Waals surface area contributed by atoms with Gasteiger partial charge in [-0.1, -0.05) is 18.2 Å². The van der Waals surface area contributed by atoms with E-state index in [9.17, 15) is 9.18 Å². The number of halogens is 2. The molecule has 3 saturated heterocycles. The molecule has 1 amide bonds. The van der Waals surface area contributed by atoms with E-state index in [0.29, 0.717) is 58.4 Å². The second-order valence-electron chi connectivity index (χ2n) is 12.2. The molecule has 6 rings (SSSR count). The first kappa shape index (κ1) is 33.0. The molecule has 0 spiro atoms. The van der Waals surface area contributed by atoms with Crippen LogP contribution in [0.25, 0.3) is 0 Å². The number of nitrogens with zero attached hydrogens (tertiary/aromatic N) is 5. The number of methoxy groups -OCH3 is 1. The van der Waals surface area contributed by atoms with Crippen molar-refractivity contribution < 1.29 is 23.5 Å². The number of hydrogen-bond donors (Lipinski definition) is 2. The largest absolute Gasteiger partial charge is 0.494 e. The number of amides is 1. The molecule has 3 aromatic rings. The molecule has 3 aliphatic heterocycles. The van der Waals surface area contributed by atoms with E-state index >= 15 is 0 Å². The zero-order valence-electron chi connectivity index (χ0n) is 26.9. The zero-order valence-corrected chi connectivity index (χ0v) is 27.7. The molecular formula is C34H41ClFN7O4. The van der Waals surface area contributed by atoms with Gasteiger partial charge in [0.25, 0.3) is 0 Å². The third kappa shape index (κ3) is 7.62. The van der Waals surface area contributed by atoms with E-state index in [-0.39, 0.29) is 24.2 Å². The van der Waals surface area contributed by atoms with Crippen LogP contribution in [0.5, 0.6) is 5.75 Å². The first-order chi connectivity index (χ1) is 22.7. The van der Waals surface area contributed by atoms with Crippen LogP contribution < -0.4 is 25.3 Å². The van der Waals surface area contributed by atoms with E-state index in [1.165, 1.54) is 24.5 Å². The number of hydroxylamine groups is 1. The summed E-state index contributed by atoms with van der Waals surface area (Å²) in [6, 6.07) is 10.2. The van der Waals surface area contributed by atoms with E-state index in [0.717, 1.165) is 44.7 Å². The maximum atomic E-state index is 14.2. The molecule has 0 radical (unpaired) electrons. The average molecular weight is 666 g/mol. The number of piperidine rings is 1. The van der Waals surface area contributed by atoms with E-state index in [4.69, 9.17) is 25.9 Å². The summed E-state index contributed by atoms with van der Waals surface area (Å²) in [7, 11) is 1.61. The molecule has 2 aromatic carbocycles. The molecule has 0 bridgehead atoms. The van der Waals surface area contributed by atoms with Crippen LogP contribution in [0, 0.1) is 5.82 Å². The Kier molecular flexibility index (Phi) is 10.1. The fraction of sp³-hybridized carbons (Fsp3) is 0.441. The lowest BCUT2D eigenvalue weighted by Crippen LogP contribution is -2.53. The number of morpholine rings is 1. The second-order valence-corrected chi connectivity index (χ2v) is 12.7. The lowest BCUT2D eigenvalue weighted by Gasteiger charge is -2.44. The van der Waals surface area contributed by atoms with Gasteiger partial charge in [-0.05, 0) is 62.6 Å². The van der Waals surface area contributed by atoms with Crippen LogP contribution in [0.3, 0.4) is 0 Å². The SMILES string of the molecule is C=CC(=O)Nc1cc(Nc2cc(N3OCC[C@@H]3c3cc(F)cc(Cl)c3)ncn2)c(OC)cc1N1CCC(N2C[C@@H](C)O[C@@H](C)C2)CC1. The number of nitrogens with one attached hydrogen (secondary N) is 2. The Hall–Kier alpha value is -3.97. The average Bonchev–Trinajstić information content (AvgIpc) is 3.55. The van der Waals surface area contributed by atoms with Crippen LogP contribution in [0.1, 0.15) is 44.7 Å². The molecule has 3 atom stereocenters. The highest BCUT2D eigenvalue weighted by molar-refractivity contribution is 6.30. The molecule has 2 N–H and O–H groups in total. The lowest BCUT2D eigenvalue weighted by molar-refractivity contribution is -0.111. The van der Waals surface area contributed by atoms with Gasteiger partial charge in [-0.3, -0.25) is 14.5 Å². The van der Waals surface area contributed by atoms with Crippen molar-refractivity contribution in [1.29, 1.82) is 0 Å². The summed E-state index contributed by atoms with van der Waals surface area (Å²) in [5, 5.41) is 8.28. The Bertz CT molecular complexity index is 1570. The van der Waals surface area contributed by atoms with Crippen LogP contribution in [0.15, 0.2) is 55.4 Å². The molecular weight excluding hydrogens is 625 g/mol. The Balaban J connectivity index is 1.23. The standard InChI is InChI=1S/C34H41ClFN7O4/c1-5-34(44)40-27-15-28(31(45-4)16-30(27)41-9-6-26(7-10-41)42-18-21(2)47-22(3)19-42)39-32-17-33(38-20-37-32)43-29(8-11-46-43)23-12-24(35)14-25(36)13-23/h5,12-17,20-22,26,29H,1,6-11,18-19H2,2-4H3,(H,40,44)(H,37,38,39)/t21-,22+,29-/m1/s1. The van der Waals surface area contributed by atoms with Crippen molar-refractivity contribution in [3.63, 3.8) is 0 Å². The molecule has 0 unspecified atom stereocenters. The quantitative estimate of drug-likeness (QED) is 0.260. The molecule has 11 nitrogen and oxygen atoms in total. The maximum absolute atomic E-state index is 14.2. The molecule has 3 aliphatic rings. The molecule has 1 aromatic heterocycles. The smallest absolute Gasteiger partial charge is 0.247 e. The molecule has 13 heteroatoms. The third-order valence-corrected chi connectivity index (χ3v) is 9.06. The van der Waals surface area contributed by atoms with Gasteiger partial charge in [0.05, 0.1) is 49.0 Å². The van der Waals surface area contributed by atoms with Crippen LogP contribution in [0.4, 0.5) is 33.1 Å². The highest BCUT2D eigenvalue weighted by atomic mass is 35.5. The summed E-state index contributed by atoms with van der Waals surface area (Å²) in [5.74, 6) is 0.827. The Morgan fingerprint density at radius 1 is 1.06 bits per heavy atom. The van der Waals surface area contributed by atoms with Gasteiger partial charge in [0.2, 0.25) is 5.91 Å². The summed E-state index contributed by atoms with van der Waals surface area (Å²) in [6.45, 7) is 11.9. The van der Waals surface area contributed by atoms with Crippen molar-refractivity contribution in [2.75, 3.05) is 60.5 Å². The minimum Gasteiger partial charge on any atom is -0.494 e. The van der Waals surface area contributed by atoms with Gasteiger partial charge in [0.1, 0.15) is 23.7 Å². The van der Waals surface area contributed by atoms with Gasteiger partial charge in [-0.25, -0.2) is 19.4 Å². The fourth-order valence-electron chi connectivity index (χ4n) is 6.81. The van der Waals surface area contributed by atoms with E-state index < -0.39 is 5.82 Å². The highest BCUT2D eigenvalue weighted by Gasteiger charge is 2.32. The van der Waals surface area contributed by atoms with Gasteiger partial charge in [0.15, 0.2) is 5.82 Å². The summed E-state index contributed by atoms with van der Waals surface area (Å²) in [5.41, 5.74) is 2.79. The van der Waals surface area contributed by atoms with Crippen molar-refractivity contribution in [3.8, 4) is 5.75 Å². The molecule has 4 heterocycles. The van der Waals surface area contributed by atoms with E-state index in [1.807, 2.05) is 12.1 Å². The fourth-order valence-corrected chi connectivity index (χ4v) is 7.04. The molecule has 0 saturated carbocycles. The lowest BCUT2D eigenvalue weighted by atomic mass is 10.00. The topological polar surface area (TPSA) is 104 Å². The number of anilines is 5. The summed E-state index contributed by atoms with van der Waals surface area (Å²) in [6.07, 6.45) is 5.77. The van der Waals surface area contributed by atoms with Crippen molar-refractivity contribution >= 4 is 46.2 Å². The number of hydrogen-bond acceptors (Lipinski definition) is 10. The van der Waals surface area contributed by atoms with Crippen molar-refractivity contribution in [1.82, 2.24) is 14.9 Å². The van der Waals surface area contributed by atoms with E-state index in [2.05, 4.69) is 50.8 Å². The normalized spacial score (nSPS) is 22.3. The second kappa shape index (κ2) is 14.4. The third-order valence-electron chi connectivity index (χ3n) is 8.85. The Morgan fingerprint density at radius 2 is 1.83 bits per heavy atom. The first-order valence-electron chi connectivity index (χ1n) is 16.0. The van der Waals surface area contributed by atoms with Gasteiger partial charge in [0, 0.05) is 55.8 Å². The van der Waals surface area contributed by atoms with Crippen LogP contribution in [-0.2, 0) is 14.4 Å². The van der Waals surface area contributed by atoms with Gasteiger partial charge in [-0.2, -0.15) is 0 Å². The molecule has 0 aliphatic carbocycles. The van der Waals surface area contributed by atoms with Crippen molar-refractivity contribution in [3.05, 3.63) is 71.8 Å². The van der Waals surface area contributed by atoms with Gasteiger partial charge >= 0.3 is 0 Å². The number of rotatable bonds is 9. The zero-order chi connectivity index (χ0) is 33.1. The van der Waals surface area contributed by atoms with Crippen LogP contribution >= 0.6 is 11.6 Å². The van der Waals surface area contributed by atoms with Crippen molar-refractivity contribution in [2.24, 2.45) is 0 Å². The van der Waals surface area contributed by atoms with Crippen LogP contribution in [0.2, 0.25) is 5.02 Å². The highest BCUT2D eigenvalue weighted by Crippen LogP contribution is 2.41. The number of carbonyl (C=O) groups excluding carboxylic acids is 1. The minimum absolute atomic E-state index is 0.226. The number of aromatic nitrogens is 2. The predicted molar refractivity (Wildman–Crippen MR) is 181 cm³/mol. The Labute approximate surface area is 279 Å². The predicted octanol–water partition coefficient (Wildman–Crippen LogP) is 6.11. The van der Waals surface area contributed by atoms with E-state index in [1.54, 1.807) is 24.3 Å². The molecule has 250 valence electrons. The summed E-state index contributed by atoms with van der Waals surface area (Å²) >= 11 is 6.14. The minimum atomic E-state index is -0.412. The molecule has 3 fully saturated rings. The maximum Gasteiger partial charge on any atom is 0.247 e. The Morgan fingerprint density at radius 3 is 2.53 bits per heavy atom. The number of ether oxygens (including phenoxy) is 2. The number of carbonyl (C=O) groups is 1. The van der Waals surface area contributed by atoms with Gasteiger partial charge < -0.3 is 25.0 Å². The number of benzene rings is 2. The summed E-state index contributed by atoms with van der Waals surface area (Å²) < 4.78 is 25.9. The van der Waals surface area contributed by atoms with Crippen molar-refractivity contribution in [2.45, 2.75) is 57.4 Å². The van der Waals surface area contributed by atoms with Gasteiger partial charge in [-0.15, -0.1) is 0 Å². The summed E-state index contributed by atoms with van der Waals surface area (Å²) in [4.78, 5) is 32.2. The molecule has 47 heavy (non-hydrogen) atoms. The van der Waals surface area contributed by atoms with Crippen LogP contribution in [-0.4, -0.2) is 78.9 Å². The monoisotopic (exact) mass is 665 g/mol. The first-order valence-corrected chi connectivity index (χ1v) is 16.4.